The van der Waals surface area contributed by atoms with Gasteiger partial charge >= 0.3 is 0 Å². The zero-order valence-corrected chi connectivity index (χ0v) is 12.7. The van der Waals surface area contributed by atoms with E-state index in [1.807, 2.05) is 12.1 Å². The number of nitrogens with zero attached hydrogens (tertiary/aromatic N) is 1. The quantitative estimate of drug-likeness (QED) is 0.706. The van der Waals surface area contributed by atoms with Crippen molar-refractivity contribution in [1.82, 2.24) is 4.90 Å². The highest BCUT2D eigenvalue weighted by Gasteiger charge is 2.28. The van der Waals surface area contributed by atoms with Crippen LogP contribution in [0.25, 0.3) is 11.8 Å². The van der Waals surface area contributed by atoms with Gasteiger partial charge in [0.1, 0.15) is 0 Å². The van der Waals surface area contributed by atoms with Crippen LogP contribution in [0, 0.1) is 0 Å². The molecule has 0 aromatic heterocycles. The molecule has 5 nitrogen and oxygen atoms in total. The van der Waals surface area contributed by atoms with Crippen molar-refractivity contribution in [1.29, 1.82) is 0 Å². The maximum Gasteiger partial charge on any atom is 0.163 e. The number of aromatic hydroxyl groups is 3. The molecule has 0 atom stereocenters. The summed E-state index contributed by atoms with van der Waals surface area (Å²) in [4.78, 5) is 2.17. The molecule has 2 aromatic rings. The van der Waals surface area contributed by atoms with E-state index in [0.29, 0.717) is 12.3 Å². The average molecular weight is 311 g/mol. The van der Waals surface area contributed by atoms with Crippen molar-refractivity contribution in [2.45, 2.75) is 13.0 Å². The minimum atomic E-state index is -0.116. The van der Waals surface area contributed by atoms with Crippen LogP contribution < -0.4 is 4.74 Å². The van der Waals surface area contributed by atoms with E-state index in [4.69, 9.17) is 4.74 Å². The van der Waals surface area contributed by atoms with E-state index in [1.54, 1.807) is 18.2 Å². The molecule has 0 amide bonds. The van der Waals surface area contributed by atoms with E-state index in [-0.39, 0.29) is 17.2 Å². The van der Waals surface area contributed by atoms with Crippen molar-refractivity contribution in [3.8, 4) is 23.0 Å². The third kappa shape index (κ3) is 2.00. The van der Waals surface area contributed by atoms with Crippen LogP contribution in [0.2, 0.25) is 0 Å². The zero-order valence-electron chi connectivity index (χ0n) is 12.7. The van der Waals surface area contributed by atoms with Crippen LogP contribution in [0.1, 0.15) is 22.3 Å². The smallest absolute Gasteiger partial charge is 0.163 e. The topological polar surface area (TPSA) is 73.2 Å². The largest absolute Gasteiger partial charge is 0.504 e. The van der Waals surface area contributed by atoms with Gasteiger partial charge in [-0.05, 0) is 41.8 Å². The van der Waals surface area contributed by atoms with Gasteiger partial charge in [0.25, 0.3) is 0 Å². The van der Waals surface area contributed by atoms with Gasteiger partial charge < -0.3 is 25.0 Å². The normalized spacial score (nSPS) is 15.3. The first-order valence-electron chi connectivity index (χ1n) is 7.49. The lowest BCUT2D eigenvalue weighted by molar-refractivity contribution is 0.347. The predicted octanol–water partition coefficient (Wildman–Crippen LogP) is 2.68. The molecular formula is C18H17NO4. The number of phenols is 3. The van der Waals surface area contributed by atoms with Gasteiger partial charge in [0, 0.05) is 29.9 Å². The third-order valence-electron chi connectivity index (χ3n) is 4.61. The predicted molar refractivity (Wildman–Crippen MR) is 86.4 cm³/mol. The average Bonchev–Trinajstić information content (AvgIpc) is 2.55. The SMILES string of the molecule is COc1ccc2c(c1O)CN1CCc3cc(O)c(O)cc3C1=C2. The van der Waals surface area contributed by atoms with Crippen molar-refractivity contribution in [2.75, 3.05) is 13.7 Å². The molecule has 2 aromatic carbocycles. The Balaban J connectivity index is 1.88. The lowest BCUT2D eigenvalue weighted by Crippen LogP contribution is -2.31. The van der Waals surface area contributed by atoms with Crippen molar-refractivity contribution in [3.63, 3.8) is 0 Å². The zero-order chi connectivity index (χ0) is 16.1. The summed E-state index contributed by atoms with van der Waals surface area (Å²) in [6.45, 7) is 1.38. The second-order valence-corrected chi connectivity index (χ2v) is 5.88. The van der Waals surface area contributed by atoms with Gasteiger partial charge in [0.2, 0.25) is 0 Å². The van der Waals surface area contributed by atoms with Crippen LogP contribution >= 0.6 is 0 Å². The van der Waals surface area contributed by atoms with Gasteiger partial charge in [0.05, 0.1) is 7.11 Å². The molecule has 5 heteroatoms. The number of hydrogen-bond acceptors (Lipinski definition) is 5. The highest BCUT2D eigenvalue weighted by atomic mass is 16.5. The van der Waals surface area contributed by atoms with Gasteiger partial charge in [-0.1, -0.05) is 6.07 Å². The van der Waals surface area contributed by atoms with Crippen molar-refractivity contribution < 1.29 is 20.1 Å². The van der Waals surface area contributed by atoms with E-state index in [9.17, 15) is 15.3 Å². The molecule has 0 radical (unpaired) electrons. The van der Waals surface area contributed by atoms with Crippen LogP contribution in [0.15, 0.2) is 24.3 Å². The highest BCUT2D eigenvalue weighted by molar-refractivity contribution is 5.87. The second kappa shape index (κ2) is 4.84. The Morgan fingerprint density at radius 1 is 1.09 bits per heavy atom. The molecule has 0 saturated carbocycles. The monoisotopic (exact) mass is 311 g/mol. The molecule has 4 rings (SSSR count). The van der Waals surface area contributed by atoms with E-state index >= 15 is 0 Å². The third-order valence-corrected chi connectivity index (χ3v) is 4.61. The second-order valence-electron chi connectivity index (χ2n) is 5.88. The Morgan fingerprint density at radius 3 is 2.65 bits per heavy atom. The molecule has 118 valence electrons. The summed E-state index contributed by atoms with van der Waals surface area (Å²) in [5.74, 6) is 0.450. The fraction of sp³-hybridized carbons (Fsp3) is 0.222. The van der Waals surface area contributed by atoms with Gasteiger partial charge in [-0.2, -0.15) is 0 Å². The van der Waals surface area contributed by atoms with Crippen molar-refractivity contribution in [3.05, 3.63) is 46.5 Å². The van der Waals surface area contributed by atoms with Crippen LogP contribution in [0.5, 0.6) is 23.0 Å². The number of ether oxygens (including phenoxy) is 1. The van der Waals surface area contributed by atoms with Crippen LogP contribution in [-0.4, -0.2) is 33.9 Å². The van der Waals surface area contributed by atoms with Crippen LogP contribution in [-0.2, 0) is 13.0 Å². The molecule has 23 heavy (non-hydrogen) atoms. The fourth-order valence-electron chi connectivity index (χ4n) is 3.38. The number of benzene rings is 2. The molecule has 0 fully saturated rings. The molecule has 0 spiro atoms. The molecule has 2 aliphatic rings. The minimum Gasteiger partial charge on any atom is -0.504 e. The Labute approximate surface area is 133 Å². The summed E-state index contributed by atoms with van der Waals surface area (Å²) in [6, 6.07) is 6.91. The first-order valence-corrected chi connectivity index (χ1v) is 7.49. The maximum atomic E-state index is 10.3. The van der Waals surface area contributed by atoms with Gasteiger partial charge in [0.15, 0.2) is 23.0 Å². The molecular weight excluding hydrogens is 294 g/mol. The summed E-state index contributed by atoms with van der Waals surface area (Å²) >= 11 is 0. The highest BCUT2D eigenvalue weighted by Crippen LogP contribution is 2.43. The van der Waals surface area contributed by atoms with E-state index < -0.39 is 0 Å². The fourth-order valence-corrected chi connectivity index (χ4v) is 3.38. The number of rotatable bonds is 1. The van der Waals surface area contributed by atoms with E-state index in [1.165, 1.54) is 7.11 Å². The van der Waals surface area contributed by atoms with Gasteiger partial charge in [-0.25, -0.2) is 0 Å². The first kappa shape index (κ1) is 13.8. The minimum absolute atomic E-state index is 0.0867. The summed E-state index contributed by atoms with van der Waals surface area (Å²) in [5.41, 5.74) is 4.73. The summed E-state index contributed by atoms with van der Waals surface area (Å²) in [5, 5.41) is 29.9. The maximum absolute atomic E-state index is 10.3. The lowest BCUT2D eigenvalue weighted by Gasteiger charge is -2.37. The van der Waals surface area contributed by atoms with E-state index in [2.05, 4.69) is 4.90 Å². The Bertz CT molecular complexity index is 841. The first-order chi connectivity index (χ1) is 11.1. The number of phenolic OH excluding ortho intramolecular Hbond substituents is 3. The molecule has 0 saturated heterocycles. The number of hydrogen-bond donors (Lipinski definition) is 3. The van der Waals surface area contributed by atoms with Crippen molar-refractivity contribution in [2.24, 2.45) is 0 Å². The molecule has 3 N–H and O–H groups in total. The van der Waals surface area contributed by atoms with Gasteiger partial charge in [-0.3, -0.25) is 0 Å². The molecule has 0 aliphatic carbocycles. The lowest BCUT2D eigenvalue weighted by atomic mass is 9.90. The Hall–Kier alpha value is -2.82. The molecule has 2 aliphatic heterocycles. The molecule has 0 bridgehead atoms. The number of methoxy groups -OCH3 is 1. The van der Waals surface area contributed by atoms with Gasteiger partial charge in [-0.15, -0.1) is 0 Å². The number of fused-ring (bicyclic) bond motifs is 4. The summed E-state index contributed by atoms with van der Waals surface area (Å²) < 4.78 is 5.18. The summed E-state index contributed by atoms with van der Waals surface area (Å²) in [7, 11) is 1.54. The molecule has 0 unspecified atom stereocenters. The van der Waals surface area contributed by atoms with E-state index in [0.717, 1.165) is 40.9 Å². The Kier molecular flexibility index (Phi) is 2.91. The van der Waals surface area contributed by atoms with Crippen molar-refractivity contribution >= 4 is 11.8 Å². The Morgan fingerprint density at radius 2 is 1.87 bits per heavy atom. The molecule has 2 heterocycles. The van der Waals surface area contributed by atoms with Crippen LogP contribution in [0.3, 0.4) is 0 Å². The summed E-state index contributed by atoms with van der Waals surface area (Å²) in [6.07, 6.45) is 2.78. The van der Waals surface area contributed by atoms with Crippen LogP contribution in [0.4, 0.5) is 0 Å². The standard InChI is InChI=1S/C18H17NO4/c1-23-17-3-2-10-6-14-12-8-16(21)15(20)7-11(12)4-5-19(14)9-13(10)18(17)22/h2-3,6-8,20-22H,4-5,9H2,1H3.